The second-order valence-corrected chi connectivity index (χ2v) is 13.5. The fourth-order valence-corrected chi connectivity index (χ4v) is 8.34. The van der Waals surface area contributed by atoms with E-state index in [2.05, 4.69) is 24.3 Å². The second-order valence-electron chi connectivity index (χ2n) is 13.2. The first-order chi connectivity index (χ1) is 19.9. The van der Waals surface area contributed by atoms with Gasteiger partial charge in [-0.15, -0.1) is 5.10 Å². The Morgan fingerprint density at radius 2 is 1.71 bits per heavy atom. The van der Waals surface area contributed by atoms with Crippen LogP contribution in [0.1, 0.15) is 159 Å². The highest BCUT2D eigenvalue weighted by Crippen LogP contribution is 2.53. The van der Waals surface area contributed by atoms with E-state index in [-0.39, 0.29) is 36.1 Å². The summed E-state index contributed by atoms with van der Waals surface area (Å²) in [5.74, 6) is 1.05. The van der Waals surface area contributed by atoms with Crippen molar-refractivity contribution < 1.29 is 14.3 Å². The highest BCUT2D eigenvalue weighted by molar-refractivity contribution is 6.34. The van der Waals surface area contributed by atoms with Crippen molar-refractivity contribution in [1.82, 2.24) is 25.1 Å². The standard InChI is InChI=1S/C32H50ClN5O3/c1-3-5-7-11-19-31(18-6-4-2)22-41-26(40)17-16-25(39)35-32(31)20-12-15-24(21-32)29-34-30-27(33)28(36-38(30)37-29)23-13-9-8-10-14-23/h23-24,36H,3-22H2,1-2H3,(H,35,39). The summed E-state index contributed by atoms with van der Waals surface area (Å²) in [6.45, 7) is 4.81. The molecule has 2 aromatic heterocycles. The maximum absolute atomic E-state index is 13.3. The van der Waals surface area contributed by atoms with Gasteiger partial charge < -0.3 is 10.1 Å². The van der Waals surface area contributed by atoms with Crippen LogP contribution in [0.15, 0.2) is 0 Å². The fraction of sp³-hybridized carbons (Fsp3) is 0.812. The zero-order valence-electron chi connectivity index (χ0n) is 25.2. The lowest BCUT2D eigenvalue weighted by Gasteiger charge is -2.54. The number of amides is 1. The lowest BCUT2D eigenvalue weighted by Crippen LogP contribution is -2.63. The zero-order valence-corrected chi connectivity index (χ0v) is 26.0. The molecule has 9 heteroatoms. The smallest absolute Gasteiger partial charge is 0.306 e. The molecule has 2 N–H and O–H groups in total. The van der Waals surface area contributed by atoms with Crippen molar-refractivity contribution in [2.24, 2.45) is 5.41 Å². The molecule has 0 radical (unpaired) electrons. The molecule has 2 aromatic rings. The van der Waals surface area contributed by atoms with Gasteiger partial charge in [0.2, 0.25) is 5.91 Å². The Bertz CT molecular complexity index is 1190. The van der Waals surface area contributed by atoms with Crippen molar-refractivity contribution in [3.63, 3.8) is 0 Å². The maximum Gasteiger partial charge on any atom is 0.306 e. The molecule has 1 aliphatic heterocycles. The summed E-state index contributed by atoms with van der Waals surface area (Å²) in [4.78, 5) is 31.0. The van der Waals surface area contributed by atoms with Crippen LogP contribution in [0.3, 0.4) is 0 Å². The van der Waals surface area contributed by atoms with Gasteiger partial charge >= 0.3 is 5.97 Å². The highest BCUT2D eigenvalue weighted by atomic mass is 35.5. The third kappa shape index (κ3) is 6.47. The fourth-order valence-electron chi connectivity index (χ4n) is 8.02. The quantitative estimate of drug-likeness (QED) is 0.218. The number of fused-ring (bicyclic) bond motifs is 1. The SMILES string of the molecule is CCCCCCC1(CCCC)COC(=O)CCC(=O)NC12CCCC(c1nc3c(Cl)c(C4CCCCC4)[nH]n3n1)C2. The summed E-state index contributed by atoms with van der Waals surface area (Å²) in [6, 6.07) is 0. The van der Waals surface area contributed by atoms with Crippen LogP contribution in [0.2, 0.25) is 5.02 Å². The molecule has 3 aliphatic rings. The monoisotopic (exact) mass is 587 g/mol. The van der Waals surface area contributed by atoms with Crippen molar-refractivity contribution in [2.75, 3.05) is 6.61 Å². The molecule has 2 saturated carbocycles. The van der Waals surface area contributed by atoms with E-state index >= 15 is 0 Å². The number of carbonyl (C=O) groups is 2. The van der Waals surface area contributed by atoms with Crippen LogP contribution in [-0.2, 0) is 14.3 Å². The molecule has 3 fully saturated rings. The first-order valence-corrected chi connectivity index (χ1v) is 16.9. The molecule has 41 heavy (non-hydrogen) atoms. The van der Waals surface area contributed by atoms with Gasteiger partial charge in [-0.3, -0.25) is 14.7 Å². The molecular weight excluding hydrogens is 538 g/mol. The number of unbranched alkanes of at least 4 members (excludes halogenated alkanes) is 4. The Hall–Kier alpha value is -2.09. The molecule has 0 aromatic carbocycles. The van der Waals surface area contributed by atoms with E-state index in [0.717, 1.165) is 88.6 Å². The van der Waals surface area contributed by atoms with Gasteiger partial charge in [-0.1, -0.05) is 89.7 Å². The Kier molecular flexibility index (Phi) is 9.98. The van der Waals surface area contributed by atoms with Gasteiger partial charge in [0.05, 0.1) is 18.7 Å². The van der Waals surface area contributed by atoms with E-state index in [1.165, 1.54) is 32.1 Å². The predicted octanol–water partition coefficient (Wildman–Crippen LogP) is 7.76. The minimum Gasteiger partial charge on any atom is -0.465 e. The van der Waals surface area contributed by atoms with Gasteiger partial charge in [0.15, 0.2) is 11.5 Å². The van der Waals surface area contributed by atoms with Crippen molar-refractivity contribution in [3.05, 3.63) is 16.5 Å². The number of carbonyl (C=O) groups excluding carboxylic acids is 2. The molecule has 2 aliphatic carbocycles. The summed E-state index contributed by atoms with van der Waals surface area (Å²) >= 11 is 6.90. The van der Waals surface area contributed by atoms with Crippen molar-refractivity contribution in [2.45, 2.75) is 153 Å². The van der Waals surface area contributed by atoms with E-state index in [0.29, 0.717) is 23.2 Å². The second kappa shape index (κ2) is 13.5. The van der Waals surface area contributed by atoms with E-state index < -0.39 is 5.54 Å². The number of nitrogens with zero attached hydrogens (tertiary/aromatic N) is 3. The van der Waals surface area contributed by atoms with Gasteiger partial charge in [0.1, 0.15) is 5.02 Å². The number of rotatable bonds is 10. The molecule has 3 atom stereocenters. The molecule has 8 nitrogen and oxygen atoms in total. The summed E-state index contributed by atoms with van der Waals surface area (Å²) in [5.41, 5.74) is 1.02. The van der Waals surface area contributed by atoms with Crippen molar-refractivity contribution in [3.8, 4) is 0 Å². The summed E-state index contributed by atoms with van der Waals surface area (Å²) in [5, 5.41) is 12.7. The number of halogens is 1. The van der Waals surface area contributed by atoms with Gasteiger partial charge in [0, 0.05) is 29.2 Å². The van der Waals surface area contributed by atoms with Crippen LogP contribution < -0.4 is 5.32 Å². The van der Waals surface area contributed by atoms with Crippen LogP contribution in [0, 0.1) is 5.41 Å². The minimum atomic E-state index is -0.463. The largest absolute Gasteiger partial charge is 0.465 e. The molecule has 0 bridgehead atoms. The summed E-state index contributed by atoms with van der Waals surface area (Å²) in [6.07, 6.45) is 18.6. The number of ether oxygens (including phenoxy) is 1. The van der Waals surface area contributed by atoms with E-state index in [1.807, 2.05) is 0 Å². The molecular formula is C32H50ClN5O3. The third-order valence-corrected chi connectivity index (χ3v) is 10.8. The van der Waals surface area contributed by atoms with E-state index in [4.69, 9.17) is 26.4 Å². The average molecular weight is 588 g/mol. The number of aromatic amines is 1. The Labute approximate surface area is 250 Å². The lowest BCUT2D eigenvalue weighted by atomic mass is 9.57. The van der Waals surface area contributed by atoms with Gasteiger partial charge in [-0.2, -0.15) is 4.63 Å². The van der Waals surface area contributed by atoms with Crippen LogP contribution in [0.5, 0.6) is 0 Å². The number of aromatic nitrogens is 4. The summed E-state index contributed by atoms with van der Waals surface area (Å²) in [7, 11) is 0. The first-order valence-electron chi connectivity index (χ1n) is 16.5. The number of hydrogen-bond donors (Lipinski definition) is 2. The Morgan fingerprint density at radius 1 is 0.951 bits per heavy atom. The molecule has 5 rings (SSSR count). The zero-order chi connectivity index (χ0) is 28.9. The summed E-state index contributed by atoms with van der Waals surface area (Å²) < 4.78 is 7.76. The topological polar surface area (TPSA) is 101 Å². The Morgan fingerprint density at radius 3 is 2.46 bits per heavy atom. The number of cyclic esters (lactones) is 1. The lowest BCUT2D eigenvalue weighted by molar-refractivity contribution is -0.150. The normalized spacial score (nSPS) is 28.3. The average Bonchev–Trinajstić information content (AvgIpc) is 3.55. The number of nitrogens with one attached hydrogen (secondary N) is 2. The number of H-pyrrole nitrogens is 1. The molecule has 1 spiro atoms. The number of hydrogen-bond acceptors (Lipinski definition) is 5. The van der Waals surface area contributed by atoms with E-state index in [9.17, 15) is 9.59 Å². The first kappa shape index (κ1) is 30.4. The Balaban J connectivity index is 1.47. The molecule has 1 amide bonds. The molecule has 228 valence electrons. The number of esters is 1. The van der Waals surface area contributed by atoms with Crippen LogP contribution in [0.25, 0.3) is 5.65 Å². The predicted molar refractivity (Wildman–Crippen MR) is 161 cm³/mol. The van der Waals surface area contributed by atoms with Crippen LogP contribution >= 0.6 is 11.6 Å². The maximum atomic E-state index is 13.3. The van der Waals surface area contributed by atoms with Crippen molar-refractivity contribution in [1.29, 1.82) is 0 Å². The highest BCUT2D eigenvalue weighted by Gasteiger charge is 2.55. The minimum absolute atomic E-state index is 0.0380. The third-order valence-electron chi connectivity index (χ3n) is 10.4. The van der Waals surface area contributed by atoms with Gasteiger partial charge in [0.25, 0.3) is 0 Å². The van der Waals surface area contributed by atoms with Crippen LogP contribution in [-0.4, -0.2) is 43.8 Å². The molecule has 1 saturated heterocycles. The molecule has 3 unspecified atom stereocenters. The van der Waals surface area contributed by atoms with Crippen molar-refractivity contribution >= 4 is 29.1 Å². The van der Waals surface area contributed by atoms with E-state index in [1.54, 1.807) is 4.63 Å². The van der Waals surface area contributed by atoms with Crippen LogP contribution in [0.4, 0.5) is 0 Å². The van der Waals surface area contributed by atoms with Gasteiger partial charge in [-0.05, 0) is 44.9 Å². The molecule has 3 heterocycles. The van der Waals surface area contributed by atoms with Gasteiger partial charge in [-0.25, -0.2) is 4.98 Å².